The average molecular weight is 269 g/mol. The van der Waals surface area contributed by atoms with E-state index in [1.807, 2.05) is 6.07 Å². The summed E-state index contributed by atoms with van der Waals surface area (Å²) in [5.41, 5.74) is 2.13. The molecule has 5 heteroatoms. The molecule has 0 unspecified atom stereocenters. The summed E-state index contributed by atoms with van der Waals surface area (Å²) in [6, 6.07) is 5.58. The SMILES string of the molecule is FC(F)(F)c1ccc2nc3c(cc2c1)CSCC3. The highest BCUT2D eigenvalue weighted by molar-refractivity contribution is 7.98. The number of hydrogen-bond acceptors (Lipinski definition) is 2. The summed E-state index contributed by atoms with van der Waals surface area (Å²) in [5.74, 6) is 1.88. The lowest BCUT2D eigenvalue weighted by molar-refractivity contribution is -0.137. The van der Waals surface area contributed by atoms with Crippen LogP contribution in [0.2, 0.25) is 0 Å². The van der Waals surface area contributed by atoms with Crippen molar-refractivity contribution >= 4 is 22.7 Å². The molecule has 1 aromatic carbocycles. The van der Waals surface area contributed by atoms with Gasteiger partial charge in [-0.1, -0.05) is 0 Å². The molecule has 1 aromatic heterocycles. The van der Waals surface area contributed by atoms with Gasteiger partial charge >= 0.3 is 6.18 Å². The van der Waals surface area contributed by atoms with E-state index < -0.39 is 11.7 Å². The first-order chi connectivity index (χ1) is 8.54. The number of fused-ring (bicyclic) bond motifs is 2. The number of nitrogens with zero attached hydrogens (tertiary/aromatic N) is 1. The van der Waals surface area contributed by atoms with Gasteiger partial charge in [-0.05, 0) is 42.0 Å². The minimum Gasteiger partial charge on any atom is -0.252 e. The molecule has 0 saturated carbocycles. The van der Waals surface area contributed by atoms with Gasteiger partial charge in [-0.2, -0.15) is 24.9 Å². The quantitative estimate of drug-likeness (QED) is 0.715. The van der Waals surface area contributed by atoms with Crippen molar-refractivity contribution in [2.24, 2.45) is 0 Å². The highest BCUT2D eigenvalue weighted by atomic mass is 32.2. The monoisotopic (exact) mass is 269 g/mol. The Kier molecular flexibility index (Phi) is 2.73. The van der Waals surface area contributed by atoms with Gasteiger partial charge in [0.1, 0.15) is 0 Å². The first-order valence-electron chi connectivity index (χ1n) is 5.61. The maximum absolute atomic E-state index is 12.6. The van der Waals surface area contributed by atoms with Crippen molar-refractivity contribution in [2.45, 2.75) is 18.3 Å². The van der Waals surface area contributed by atoms with E-state index in [4.69, 9.17) is 0 Å². The predicted molar refractivity (Wildman–Crippen MR) is 66.6 cm³/mol. The van der Waals surface area contributed by atoms with Crippen LogP contribution in [0.25, 0.3) is 10.9 Å². The summed E-state index contributed by atoms with van der Waals surface area (Å²) >= 11 is 1.79. The largest absolute Gasteiger partial charge is 0.416 e. The number of aryl methyl sites for hydroxylation is 1. The molecule has 0 amide bonds. The van der Waals surface area contributed by atoms with Gasteiger partial charge in [-0.15, -0.1) is 0 Å². The number of thioether (sulfide) groups is 1. The molecule has 3 rings (SSSR count). The first kappa shape index (κ1) is 11.8. The molecule has 0 atom stereocenters. The second-order valence-corrected chi connectivity index (χ2v) is 5.41. The number of aromatic nitrogens is 1. The molecule has 0 saturated heterocycles. The van der Waals surface area contributed by atoms with Crippen LogP contribution in [0.1, 0.15) is 16.8 Å². The molecule has 94 valence electrons. The van der Waals surface area contributed by atoms with E-state index in [0.29, 0.717) is 10.9 Å². The molecular formula is C13H10F3NS. The molecule has 1 aliphatic heterocycles. The zero-order chi connectivity index (χ0) is 12.8. The molecule has 0 bridgehead atoms. The lowest BCUT2D eigenvalue weighted by Crippen LogP contribution is -2.07. The Morgan fingerprint density at radius 2 is 2.00 bits per heavy atom. The first-order valence-corrected chi connectivity index (χ1v) is 6.77. The zero-order valence-corrected chi connectivity index (χ0v) is 10.2. The molecule has 0 radical (unpaired) electrons. The summed E-state index contributed by atoms with van der Waals surface area (Å²) in [4.78, 5) is 4.46. The van der Waals surface area contributed by atoms with E-state index >= 15 is 0 Å². The number of hydrogen-bond donors (Lipinski definition) is 0. The standard InChI is InChI=1S/C13H10F3NS/c14-13(15,16)10-1-2-11-8(6-10)5-9-7-18-4-3-12(9)17-11/h1-2,5-6H,3-4,7H2. The van der Waals surface area contributed by atoms with Crippen molar-refractivity contribution < 1.29 is 13.2 Å². The van der Waals surface area contributed by atoms with Gasteiger partial charge in [0.15, 0.2) is 0 Å². The second kappa shape index (κ2) is 4.16. The fraction of sp³-hybridized carbons (Fsp3) is 0.308. The topological polar surface area (TPSA) is 12.9 Å². The van der Waals surface area contributed by atoms with Crippen LogP contribution >= 0.6 is 11.8 Å². The maximum atomic E-state index is 12.6. The summed E-state index contributed by atoms with van der Waals surface area (Å²) in [6.07, 6.45) is -3.39. The van der Waals surface area contributed by atoms with Crippen molar-refractivity contribution in [1.82, 2.24) is 4.98 Å². The van der Waals surface area contributed by atoms with E-state index in [1.165, 1.54) is 12.1 Å². The Morgan fingerprint density at radius 1 is 1.17 bits per heavy atom. The van der Waals surface area contributed by atoms with Gasteiger partial charge in [0.2, 0.25) is 0 Å². The lowest BCUT2D eigenvalue weighted by atomic mass is 10.1. The van der Waals surface area contributed by atoms with Gasteiger partial charge in [-0.25, -0.2) is 0 Å². The number of alkyl halides is 3. The number of rotatable bonds is 0. The minimum absolute atomic E-state index is 0.575. The third-order valence-electron chi connectivity index (χ3n) is 3.05. The Labute approximate surface area is 106 Å². The van der Waals surface area contributed by atoms with Crippen molar-refractivity contribution in [2.75, 3.05) is 5.75 Å². The van der Waals surface area contributed by atoms with Crippen LogP contribution in [0.15, 0.2) is 24.3 Å². The van der Waals surface area contributed by atoms with Crippen molar-refractivity contribution in [3.8, 4) is 0 Å². The van der Waals surface area contributed by atoms with Crippen molar-refractivity contribution in [1.29, 1.82) is 0 Å². The molecular weight excluding hydrogens is 259 g/mol. The van der Waals surface area contributed by atoms with Crippen LogP contribution in [-0.2, 0) is 18.3 Å². The predicted octanol–water partition coefficient (Wildman–Crippen LogP) is 4.04. The van der Waals surface area contributed by atoms with Gasteiger partial charge in [0.05, 0.1) is 11.1 Å². The van der Waals surface area contributed by atoms with E-state index in [-0.39, 0.29) is 0 Å². The van der Waals surface area contributed by atoms with Gasteiger partial charge in [0, 0.05) is 16.8 Å². The van der Waals surface area contributed by atoms with Gasteiger partial charge in [-0.3, -0.25) is 4.98 Å². The normalized spacial score (nSPS) is 15.7. The molecule has 0 fully saturated rings. The fourth-order valence-electron chi connectivity index (χ4n) is 2.13. The minimum atomic E-state index is -4.29. The maximum Gasteiger partial charge on any atom is 0.416 e. The summed E-state index contributed by atoms with van der Waals surface area (Å²) < 4.78 is 37.9. The van der Waals surface area contributed by atoms with Crippen LogP contribution < -0.4 is 0 Å². The fourth-order valence-corrected chi connectivity index (χ4v) is 3.08. The Balaban J connectivity index is 2.16. The molecule has 18 heavy (non-hydrogen) atoms. The molecule has 2 heterocycles. The lowest BCUT2D eigenvalue weighted by Gasteiger charge is -2.15. The number of pyridine rings is 1. The molecule has 0 spiro atoms. The Hall–Kier alpha value is -1.23. The van der Waals surface area contributed by atoms with E-state index in [0.717, 1.165) is 35.3 Å². The van der Waals surface area contributed by atoms with E-state index in [2.05, 4.69) is 4.98 Å². The average Bonchev–Trinajstić information content (AvgIpc) is 2.34. The third kappa shape index (κ3) is 2.07. The van der Waals surface area contributed by atoms with Crippen LogP contribution in [0.5, 0.6) is 0 Å². The molecule has 1 aliphatic rings. The summed E-state index contributed by atoms with van der Waals surface area (Å²) in [6.45, 7) is 0. The number of benzene rings is 1. The zero-order valence-electron chi connectivity index (χ0n) is 9.42. The molecule has 1 nitrogen and oxygen atoms in total. The summed E-state index contributed by atoms with van der Waals surface area (Å²) in [7, 11) is 0. The Morgan fingerprint density at radius 3 is 2.78 bits per heavy atom. The van der Waals surface area contributed by atoms with E-state index in [9.17, 15) is 13.2 Å². The van der Waals surface area contributed by atoms with Crippen molar-refractivity contribution in [3.63, 3.8) is 0 Å². The van der Waals surface area contributed by atoms with Gasteiger partial charge < -0.3 is 0 Å². The molecule has 2 aromatic rings. The molecule has 0 N–H and O–H groups in total. The third-order valence-corrected chi connectivity index (χ3v) is 4.06. The highest BCUT2D eigenvalue weighted by Crippen LogP contribution is 2.32. The highest BCUT2D eigenvalue weighted by Gasteiger charge is 2.30. The van der Waals surface area contributed by atoms with Crippen molar-refractivity contribution in [3.05, 3.63) is 41.1 Å². The van der Waals surface area contributed by atoms with Gasteiger partial charge in [0.25, 0.3) is 0 Å². The summed E-state index contributed by atoms with van der Waals surface area (Å²) in [5, 5.41) is 0.575. The number of halogens is 3. The Bertz CT molecular complexity index is 607. The van der Waals surface area contributed by atoms with Crippen LogP contribution in [0.3, 0.4) is 0 Å². The van der Waals surface area contributed by atoms with Crippen LogP contribution in [0, 0.1) is 0 Å². The molecule has 0 aliphatic carbocycles. The smallest absolute Gasteiger partial charge is 0.252 e. The van der Waals surface area contributed by atoms with E-state index in [1.54, 1.807) is 11.8 Å². The van der Waals surface area contributed by atoms with Crippen LogP contribution in [-0.4, -0.2) is 10.7 Å². The second-order valence-electron chi connectivity index (χ2n) is 4.30. The van der Waals surface area contributed by atoms with Crippen LogP contribution in [0.4, 0.5) is 13.2 Å².